The number of rotatable bonds is 1. The quantitative estimate of drug-likeness (QED) is 0.614. The number of nitrogens with zero attached hydrogens (tertiary/aromatic N) is 1. The first-order chi connectivity index (χ1) is 8.25. The minimum atomic E-state index is 1.07. The Morgan fingerprint density at radius 1 is 1.06 bits per heavy atom. The molecule has 1 heterocycles. The normalized spacial score (nSPS) is 10.9. The van der Waals surface area contributed by atoms with Gasteiger partial charge in [0, 0.05) is 10.0 Å². The van der Waals surface area contributed by atoms with Gasteiger partial charge in [-0.05, 0) is 24.6 Å². The van der Waals surface area contributed by atoms with Gasteiger partial charge in [-0.1, -0.05) is 46.3 Å². The molecule has 17 heavy (non-hydrogen) atoms. The molecular formula is C14H10BrNS. The van der Waals surface area contributed by atoms with Crippen molar-refractivity contribution in [3.63, 3.8) is 0 Å². The van der Waals surface area contributed by atoms with E-state index in [9.17, 15) is 0 Å². The molecule has 0 saturated heterocycles. The van der Waals surface area contributed by atoms with Crippen LogP contribution in [-0.2, 0) is 0 Å². The van der Waals surface area contributed by atoms with Crippen LogP contribution in [-0.4, -0.2) is 4.98 Å². The summed E-state index contributed by atoms with van der Waals surface area (Å²) in [5.74, 6) is 0. The van der Waals surface area contributed by atoms with E-state index >= 15 is 0 Å². The molecule has 3 heteroatoms. The lowest BCUT2D eigenvalue weighted by Crippen LogP contribution is -1.78. The van der Waals surface area contributed by atoms with E-state index in [0.29, 0.717) is 0 Å². The fourth-order valence-electron chi connectivity index (χ4n) is 1.84. The van der Waals surface area contributed by atoms with E-state index in [1.165, 1.54) is 10.3 Å². The molecule has 0 atom stereocenters. The fourth-order valence-corrected chi connectivity index (χ4v) is 3.52. The average molecular weight is 304 g/mol. The molecule has 0 bridgehead atoms. The van der Waals surface area contributed by atoms with Gasteiger partial charge in [0.1, 0.15) is 5.01 Å². The lowest BCUT2D eigenvalue weighted by atomic mass is 10.2. The van der Waals surface area contributed by atoms with Crippen molar-refractivity contribution >= 4 is 37.5 Å². The molecule has 0 N–H and O–H groups in total. The average Bonchev–Trinajstić information content (AvgIpc) is 2.75. The Balaban J connectivity index is 2.26. The highest BCUT2D eigenvalue weighted by molar-refractivity contribution is 9.10. The zero-order valence-corrected chi connectivity index (χ0v) is 11.7. The lowest BCUT2D eigenvalue weighted by molar-refractivity contribution is 1.41. The van der Waals surface area contributed by atoms with Crippen LogP contribution in [0.3, 0.4) is 0 Å². The molecule has 2 aromatic carbocycles. The van der Waals surface area contributed by atoms with Crippen molar-refractivity contribution in [2.75, 3.05) is 0 Å². The van der Waals surface area contributed by atoms with Crippen LogP contribution >= 0.6 is 27.3 Å². The predicted molar refractivity (Wildman–Crippen MR) is 77.5 cm³/mol. The molecule has 1 aromatic heterocycles. The van der Waals surface area contributed by atoms with E-state index in [1.807, 2.05) is 18.2 Å². The van der Waals surface area contributed by atoms with E-state index in [4.69, 9.17) is 4.98 Å². The summed E-state index contributed by atoms with van der Waals surface area (Å²) in [6.45, 7) is 2.10. The Morgan fingerprint density at radius 3 is 2.65 bits per heavy atom. The van der Waals surface area contributed by atoms with Crippen molar-refractivity contribution in [2.45, 2.75) is 6.92 Å². The third kappa shape index (κ3) is 1.90. The number of halogens is 1. The molecule has 0 radical (unpaired) electrons. The van der Waals surface area contributed by atoms with E-state index in [1.54, 1.807) is 11.3 Å². The zero-order chi connectivity index (χ0) is 11.8. The second-order valence-electron chi connectivity index (χ2n) is 3.92. The van der Waals surface area contributed by atoms with Crippen molar-refractivity contribution in [3.8, 4) is 10.6 Å². The number of hydrogen-bond donors (Lipinski definition) is 0. The topological polar surface area (TPSA) is 12.9 Å². The van der Waals surface area contributed by atoms with Gasteiger partial charge in [0.2, 0.25) is 0 Å². The van der Waals surface area contributed by atoms with Crippen LogP contribution in [0, 0.1) is 6.92 Å². The number of aromatic nitrogens is 1. The summed E-state index contributed by atoms with van der Waals surface area (Å²) in [6.07, 6.45) is 0. The molecule has 84 valence electrons. The molecule has 0 aliphatic rings. The first-order valence-electron chi connectivity index (χ1n) is 5.37. The monoisotopic (exact) mass is 303 g/mol. The van der Waals surface area contributed by atoms with E-state index < -0.39 is 0 Å². The van der Waals surface area contributed by atoms with Gasteiger partial charge in [-0.3, -0.25) is 0 Å². The van der Waals surface area contributed by atoms with E-state index in [0.717, 1.165) is 20.6 Å². The Kier molecular flexibility index (Phi) is 2.73. The standard InChI is InChI=1S/C14H10BrNS/c1-9-5-4-8-12-13(9)16-14(17-12)10-6-2-3-7-11(10)15/h2-8H,1H3. The molecule has 0 aliphatic carbocycles. The van der Waals surface area contributed by atoms with Crippen LogP contribution in [0.4, 0.5) is 0 Å². The number of fused-ring (bicyclic) bond motifs is 1. The summed E-state index contributed by atoms with van der Waals surface area (Å²) in [4.78, 5) is 4.73. The van der Waals surface area contributed by atoms with Gasteiger partial charge in [0.15, 0.2) is 0 Å². The molecule has 0 fully saturated rings. The minimum Gasteiger partial charge on any atom is -0.236 e. The summed E-state index contributed by atoms with van der Waals surface area (Å²) in [5.41, 5.74) is 3.51. The predicted octanol–water partition coefficient (Wildman–Crippen LogP) is 5.03. The Labute approximate surface area is 112 Å². The van der Waals surface area contributed by atoms with Gasteiger partial charge in [-0.2, -0.15) is 0 Å². The van der Waals surface area contributed by atoms with E-state index in [-0.39, 0.29) is 0 Å². The molecule has 0 aliphatic heterocycles. The van der Waals surface area contributed by atoms with Gasteiger partial charge in [-0.25, -0.2) is 4.98 Å². The molecule has 0 unspecified atom stereocenters. The highest BCUT2D eigenvalue weighted by atomic mass is 79.9. The van der Waals surface area contributed by atoms with Gasteiger partial charge >= 0.3 is 0 Å². The van der Waals surface area contributed by atoms with Crippen molar-refractivity contribution in [2.24, 2.45) is 0 Å². The largest absolute Gasteiger partial charge is 0.236 e. The highest BCUT2D eigenvalue weighted by Gasteiger charge is 2.09. The number of aryl methyl sites for hydroxylation is 1. The summed E-state index contributed by atoms with van der Waals surface area (Å²) in [5, 5.41) is 1.07. The van der Waals surface area contributed by atoms with Crippen LogP contribution in [0.5, 0.6) is 0 Å². The number of benzene rings is 2. The maximum Gasteiger partial charge on any atom is 0.125 e. The zero-order valence-electron chi connectivity index (χ0n) is 9.27. The summed E-state index contributed by atoms with van der Waals surface area (Å²) >= 11 is 5.31. The summed E-state index contributed by atoms with van der Waals surface area (Å²) in [7, 11) is 0. The highest BCUT2D eigenvalue weighted by Crippen LogP contribution is 2.35. The van der Waals surface area contributed by atoms with Gasteiger partial charge < -0.3 is 0 Å². The van der Waals surface area contributed by atoms with Crippen molar-refractivity contribution in [3.05, 3.63) is 52.5 Å². The first kappa shape index (κ1) is 10.9. The molecule has 1 nitrogen and oxygen atoms in total. The van der Waals surface area contributed by atoms with Gasteiger partial charge in [-0.15, -0.1) is 11.3 Å². The number of thiazole rings is 1. The SMILES string of the molecule is Cc1cccc2sc(-c3ccccc3Br)nc12. The Morgan fingerprint density at radius 2 is 1.88 bits per heavy atom. The van der Waals surface area contributed by atoms with E-state index in [2.05, 4.69) is 47.1 Å². The number of para-hydroxylation sites is 1. The maximum atomic E-state index is 4.73. The third-order valence-electron chi connectivity index (χ3n) is 2.72. The minimum absolute atomic E-state index is 1.07. The van der Waals surface area contributed by atoms with Crippen molar-refractivity contribution < 1.29 is 0 Å². The van der Waals surface area contributed by atoms with Gasteiger partial charge in [0.05, 0.1) is 10.2 Å². The van der Waals surface area contributed by atoms with Crippen LogP contribution in [0.2, 0.25) is 0 Å². The summed E-state index contributed by atoms with van der Waals surface area (Å²) in [6, 6.07) is 14.5. The first-order valence-corrected chi connectivity index (χ1v) is 6.98. The molecule has 0 amide bonds. The van der Waals surface area contributed by atoms with Crippen LogP contribution in [0.15, 0.2) is 46.9 Å². The second kappa shape index (κ2) is 4.24. The molecule has 3 rings (SSSR count). The van der Waals surface area contributed by atoms with Crippen molar-refractivity contribution in [1.82, 2.24) is 4.98 Å². The molecular weight excluding hydrogens is 294 g/mol. The van der Waals surface area contributed by atoms with Crippen LogP contribution in [0.1, 0.15) is 5.56 Å². The van der Waals surface area contributed by atoms with Crippen LogP contribution in [0.25, 0.3) is 20.8 Å². The molecule has 0 spiro atoms. The maximum absolute atomic E-state index is 4.73. The lowest BCUT2D eigenvalue weighted by Gasteiger charge is -1.98. The number of hydrogen-bond acceptors (Lipinski definition) is 2. The Hall–Kier alpha value is -1.19. The smallest absolute Gasteiger partial charge is 0.125 e. The third-order valence-corrected chi connectivity index (χ3v) is 4.47. The van der Waals surface area contributed by atoms with Crippen molar-refractivity contribution in [1.29, 1.82) is 0 Å². The van der Waals surface area contributed by atoms with Gasteiger partial charge in [0.25, 0.3) is 0 Å². The summed E-state index contributed by atoms with van der Waals surface area (Å²) < 4.78 is 2.34. The Bertz CT molecular complexity index is 688. The van der Waals surface area contributed by atoms with Crippen LogP contribution < -0.4 is 0 Å². The molecule has 3 aromatic rings. The molecule has 0 saturated carbocycles. The fraction of sp³-hybridized carbons (Fsp3) is 0.0714. The second-order valence-corrected chi connectivity index (χ2v) is 5.81.